The molecule has 3 rings (SSSR count). The van der Waals surface area contributed by atoms with Crippen LogP contribution in [0.3, 0.4) is 0 Å². The molecule has 0 aliphatic rings. The Morgan fingerprint density at radius 3 is 2.60 bits per heavy atom. The normalized spacial score (nSPS) is 12.2. The molecule has 0 spiro atoms. The van der Waals surface area contributed by atoms with E-state index in [1.807, 2.05) is 44.2 Å². The summed E-state index contributed by atoms with van der Waals surface area (Å²) in [7, 11) is 0. The largest absolute Gasteiger partial charge is 0.490 e. The fourth-order valence-corrected chi connectivity index (χ4v) is 2.70. The summed E-state index contributed by atoms with van der Waals surface area (Å²) in [6, 6.07) is 13.2. The molecule has 0 fully saturated rings. The first kappa shape index (κ1) is 17.4. The van der Waals surface area contributed by atoms with E-state index >= 15 is 0 Å². The maximum absolute atomic E-state index is 10.2. The van der Waals surface area contributed by atoms with Crippen LogP contribution in [0.4, 0.5) is 0 Å². The second kappa shape index (κ2) is 7.63. The summed E-state index contributed by atoms with van der Waals surface area (Å²) in [6.07, 6.45) is -0.750. The third kappa shape index (κ3) is 4.35. The topological polar surface area (TPSA) is 73.1 Å². The van der Waals surface area contributed by atoms with Gasteiger partial charge in [-0.05, 0) is 42.3 Å². The summed E-state index contributed by atoms with van der Waals surface area (Å²) < 4.78 is 5.75. The Bertz CT molecular complexity index is 846. The number of tetrazole rings is 1. The number of rotatable bonds is 6. The maximum Gasteiger partial charge on any atom is 0.204 e. The number of hydrogen-bond acceptors (Lipinski definition) is 5. The highest BCUT2D eigenvalue weighted by molar-refractivity contribution is 6.30. The number of aryl methyl sites for hydroxylation is 2. The molecule has 0 saturated heterocycles. The van der Waals surface area contributed by atoms with E-state index in [1.165, 1.54) is 4.80 Å². The van der Waals surface area contributed by atoms with Gasteiger partial charge in [-0.3, -0.25) is 0 Å². The van der Waals surface area contributed by atoms with E-state index < -0.39 is 6.10 Å². The van der Waals surface area contributed by atoms with E-state index in [0.717, 1.165) is 22.4 Å². The van der Waals surface area contributed by atoms with Crippen molar-refractivity contribution in [2.45, 2.75) is 26.5 Å². The van der Waals surface area contributed by atoms with Crippen molar-refractivity contribution in [1.29, 1.82) is 0 Å². The molecule has 1 aromatic heterocycles. The van der Waals surface area contributed by atoms with Crippen LogP contribution in [0.2, 0.25) is 5.02 Å². The van der Waals surface area contributed by atoms with E-state index in [-0.39, 0.29) is 13.2 Å². The summed E-state index contributed by atoms with van der Waals surface area (Å²) >= 11 is 5.97. The van der Waals surface area contributed by atoms with Crippen LogP contribution in [0.25, 0.3) is 11.4 Å². The number of aliphatic hydroxyl groups is 1. The van der Waals surface area contributed by atoms with E-state index in [0.29, 0.717) is 10.8 Å². The Balaban J connectivity index is 1.61. The Hall–Kier alpha value is -2.44. The fourth-order valence-electron chi connectivity index (χ4n) is 2.51. The van der Waals surface area contributed by atoms with E-state index in [1.54, 1.807) is 12.1 Å². The summed E-state index contributed by atoms with van der Waals surface area (Å²) in [6.45, 7) is 4.30. The summed E-state index contributed by atoms with van der Waals surface area (Å²) in [4.78, 5) is 1.36. The van der Waals surface area contributed by atoms with Crippen LogP contribution in [0.15, 0.2) is 42.5 Å². The Labute approximate surface area is 151 Å². The third-order valence-electron chi connectivity index (χ3n) is 3.74. The lowest BCUT2D eigenvalue weighted by Crippen LogP contribution is -2.25. The van der Waals surface area contributed by atoms with Gasteiger partial charge < -0.3 is 9.84 Å². The van der Waals surface area contributed by atoms with Crippen molar-refractivity contribution >= 4 is 11.6 Å². The highest BCUT2D eigenvalue weighted by atomic mass is 35.5. The minimum atomic E-state index is -0.750. The molecule has 6 nitrogen and oxygen atoms in total. The molecule has 3 aromatic rings. The third-order valence-corrected chi connectivity index (χ3v) is 3.97. The second-order valence-corrected chi connectivity index (χ2v) is 6.30. The quantitative estimate of drug-likeness (QED) is 0.733. The van der Waals surface area contributed by atoms with Gasteiger partial charge in [0.1, 0.15) is 18.5 Å². The molecule has 0 bridgehead atoms. The van der Waals surface area contributed by atoms with Gasteiger partial charge in [-0.25, -0.2) is 0 Å². The molecule has 1 atom stereocenters. The summed E-state index contributed by atoms with van der Waals surface area (Å²) in [5.74, 6) is 1.26. The van der Waals surface area contributed by atoms with Crippen molar-refractivity contribution in [3.05, 3.63) is 58.6 Å². The number of nitrogens with zero attached hydrogens (tertiary/aromatic N) is 4. The van der Waals surface area contributed by atoms with Crippen molar-refractivity contribution in [3.63, 3.8) is 0 Å². The second-order valence-electron chi connectivity index (χ2n) is 5.86. The summed E-state index contributed by atoms with van der Waals surface area (Å²) in [5.41, 5.74) is 2.85. The Morgan fingerprint density at radius 2 is 1.88 bits per heavy atom. The highest BCUT2D eigenvalue weighted by Gasteiger charge is 2.12. The lowest BCUT2D eigenvalue weighted by Gasteiger charge is -2.15. The molecule has 1 N–H and O–H groups in total. The minimum absolute atomic E-state index is 0.153. The molecule has 0 radical (unpaired) electrons. The molecule has 130 valence electrons. The average Bonchev–Trinajstić information content (AvgIpc) is 3.03. The van der Waals surface area contributed by atoms with E-state index in [2.05, 4.69) is 15.4 Å². The smallest absolute Gasteiger partial charge is 0.204 e. The maximum atomic E-state index is 10.2. The van der Waals surface area contributed by atoms with Gasteiger partial charge in [0.25, 0.3) is 0 Å². The van der Waals surface area contributed by atoms with Crippen LogP contribution in [-0.2, 0) is 6.54 Å². The fraction of sp³-hybridized carbons (Fsp3) is 0.278. The highest BCUT2D eigenvalue weighted by Crippen LogP contribution is 2.22. The predicted molar refractivity (Wildman–Crippen MR) is 95.7 cm³/mol. The standard InChI is InChI=1S/C18H19ClN4O2/c1-12-5-3-6-13(2)17(12)25-11-16(24)10-23-21-18(20-22-23)14-7-4-8-15(19)9-14/h3-9,16,24H,10-11H2,1-2H3/t16-/m0/s1. The number of aromatic nitrogens is 4. The van der Waals surface area contributed by atoms with Gasteiger partial charge in [-0.1, -0.05) is 41.9 Å². The van der Waals surface area contributed by atoms with E-state index in [4.69, 9.17) is 16.3 Å². The monoisotopic (exact) mass is 358 g/mol. The lowest BCUT2D eigenvalue weighted by atomic mass is 10.1. The molecule has 0 amide bonds. The van der Waals surface area contributed by atoms with Crippen LogP contribution in [0.1, 0.15) is 11.1 Å². The molecular formula is C18H19ClN4O2. The SMILES string of the molecule is Cc1cccc(C)c1OC[C@@H](O)Cn1nnc(-c2cccc(Cl)c2)n1. The zero-order chi connectivity index (χ0) is 17.8. The van der Waals surface area contributed by atoms with Crippen molar-refractivity contribution in [1.82, 2.24) is 20.2 Å². The number of hydrogen-bond donors (Lipinski definition) is 1. The molecule has 1 heterocycles. The van der Waals surface area contributed by atoms with Gasteiger partial charge >= 0.3 is 0 Å². The summed E-state index contributed by atoms with van der Waals surface area (Å²) in [5, 5.41) is 23.0. The predicted octanol–water partition coefficient (Wildman–Crippen LogP) is 3.05. The van der Waals surface area contributed by atoms with Gasteiger partial charge in [-0.15, -0.1) is 10.2 Å². The van der Waals surface area contributed by atoms with Crippen molar-refractivity contribution in [2.24, 2.45) is 0 Å². The van der Waals surface area contributed by atoms with Crippen LogP contribution in [-0.4, -0.2) is 38.0 Å². The first-order valence-electron chi connectivity index (χ1n) is 7.94. The van der Waals surface area contributed by atoms with Gasteiger partial charge in [0, 0.05) is 10.6 Å². The van der Waals surface area contributed by atoms with Crippen molar-refractivity contribution < 1.29 is 9.84 Å². The van der Waals surface area contributed by atoms with Gasteiger partial charge in [0.05, 0.1) is 6.54 Å². The minimum Gasteiger partial charge on any atom is -0.490 e. The molecule has 7 heteroatoms. The van der Waals surface area contributed by atoms with Crippen molar-refractivity contribution in [3.8, 4) is 17.1 Å². The zero-order valence-electron chi connectivity index (χ0n) is 14.1. The number of halogens is 1. The van der Waals surface area contributed by atoms with Gasteiger partial charge in [0.2, 0.25) is 5.82 Å². The van der Waals surface area contributed by atoms with Gasteiger partial charge in [0.15, 0.2) is 0 Å². The van der Waals surface area contributed by atoms with Crippen LogP contribution in [0.5, 0.6) is 5.75 Å². The lowest BCUT2D eigenvalue weighted by molar-refractivity contribution is 0.0844. The number of ether oxygens (including phenoxy) is 1. The molecule has 0 unspecified atom stereocenters. The molecule has 0 saturated carbocycles. The zero-order valence-corrected chi connectivity index (χ0v) is 14.8. The van der Waals surface area contributed by atoms with Crippen LogP contribution >= 0.6 is 11.6 Å². The van der Waals surface area contributed by atoms with Crippen LogP contribution < -0.4 is 4.74 Å². The van der Waals surface area contributed by atoms with Crippen LogP contribution in [0, 0.1) is 13.8 Å². The van der Waals surface area contributed by atoms with Gasteiger partial charge in [-0.2, -0.15) is 4.80 Å². The van der Waals surface area contributed by atoms with E-state index in [9.17, 15) is 5.11 Å². The Kier molecular flexibility index (Phi) is 5.31. The number of aliphatic hydroxyl groups excluding tert-OH is 1. The first-order chi connectivity index (χ1) is 12.0. The molecular weight excluding hydrogens is 340 g/mol. The number of para-hydroxylation sites is 1. The molecule has 25 heavy (non-hydrogen) atoms. The molecule has 0 aliphatic carbocycles. The average molecular weight is 359 g/mol. The number of benzene rings is 2. The molecule has 2 aromatic carbocycles. The molecule has 0 aliphatic heterocycles. The first-order valence-corrected chi connectivity index (χ1v) is 8.31. The Morgan fingerprint density at radius 1 is 1.16 bits per heavy atom. The van der Waals surface area contributed by atoms with Crippen molar-refractivity contribution in [2.75, 3.05) is 6.61 Å².